The molecule has 128 valence electrons. The van der Waals surface area contributed by atoms with Crippen molar-refractivity contribution < 1.29 is 14.3 Å². The molecule has 8 heteroatoms. The Hall–Kier alpha value is -2.61. The minimum Gasteiger partial charge on any atom is -0.395 e. The van der Waals surface area contributed by atoms with E-state index in [1.165, 1.54) is 21.7 Å². The van der Waals surface area contributed by atoms with E-state index in [0.29, 0.717) is 17.9 Å². The van der Waals surface area contributed by atoms with E-state index in [-0.39, 0.29) is 30.6 Å². The van der Waals surface area contributed by atoms with Gasteiger partial charge >= 0.3 is 0 Å². The third-order valence-electron chi connectivity index (χ3n) is 3.40. The van der Waals surface area contributed by atoms with Crippen LogP contribution in [-0.4, -0.2) is 55.8 Å². The van der Waals surface area contributed by atoms with Gasteiger partial charge in [0.15, 0.2) is 5.82 Å². The zero-order valence-electron chi connectivity index (χ0n) is 13.7. The Morgan fingerprint density at radius 1 is 1.33 bits per heavy atom. The molecule has 0 aliphatic carbocycles. The third-order valence-corrected chi connectivity index (χ3v) is 3.40. The number of aliphatic hydroxyl groups excluding tert-OH is 1. The Balaban J connectivity index is 2.44. The molecule has 0 fully saturated rings. The summed E-state index contributed by atoms with van der Waals surface area (Å²) < 4.78 is 14.4. The van der Waals surface area contributed by atoms with Gasteiger partial charge in [-0.05, 0) is 47.5 Å². The van der Waals surface area contributed by atoms with Crippen molar-refractivity contribution in [1.29, 1.82) is 0 Å². The number of hydrogen-bond donors (Lipinski definition) is 1. The van der Waals surface area contributed by atoms with Gasteiger partial charge in [-0.25, -0.2) is 4.39 Å². The summed E-state index contributed by atoms with van der Waals surface area (Å²) in [5.41, 5.74) is 0.890. The van der Waals surface area contributed by atoms with Crippen LogP contribution in [0.15, 0.2) is 24.3 Å². The summed E-state index contributed by atoms with van der Waals surface area (Å²) in [5, 5.41) is 20.4. The number of aromatic nitrogens is 4. The molecule has 0 saturated carbocycles. The second-order valence-electron chi connectivity index (χ2n) is 5.23. The van der Waals surface area contributed by atoms with Crippen LogP contribution in [0.2, 0.25) is 0 Å². The van der Waals surface area contributed by atoms with Gasteiger partial charge in [0, 0.05) is 13.1 Å². The number of benzene rings is 1. The van der Waals surface area contributed by atoms with Crippen molar-refractivity contribution in [3.8, 4) is 0 Å². The summed E-state index contributed by atoms with van der Waals surface area (Å²) in [6, 6.07) is 5.77. The normalized spacial score (nSPS) is 11.6. The molecule has 0 radical (unpaired) electrons. The number of carbonyl (C=O) groups excluding carboxylic acids is 1. The molecule has 0 bridgehead atoms. The molecule has 1 aromatic heterocycles. The van der Waals surface area contributed by atoms with Crippen molar-refractivity contribution in [3.05, 3.63) is 41.5 Å². The number of aliphatic hydroxyl groups is 1. The van der Waals surface area contributed by atoms with E-state index in [2.05, 4.69) is 15.5 Å². The molecular formula is C16H20FN5O2. The third kappa shape index (κ3) is 4.23. The molecule has 0 saturated heterocycles. The van der Waals surface area contributed by atoms with Gasteiger partial charge in [-0.2, -0.15) is 4.68 Å². The van der Waals surface area contributed by atoms with E-state index in [1.807, 2.05) is 6.92 Å². The van der Waals surface area contributed by atoms with Crippen LogP contribution in [0.4, 0.5) is 4.39 Å². The van der Waals surface area contributed by atoms with Crippen molar-refractivity contribution in [3.63, 3.8) is 0 Å². The molecule has 1 aromatic carbocycles. The van der Waals surface area contributed by atoms with Crippen LogP contribution in [-0.2, 0) is 4.79 Å². The maximum Gasteiger partial charge on any atom is 0.272 e. The fourth-order valence-electron chi connectivity index (χ4n) is 2.25. The first-order chi connectivity index (χ1) is 11.6. The molecule has 0 aliphatic rings. The van der Waals surface area contributed by atoms with E-state index in [9.17, 15) is 14.3 Å². The Labute approximate surface area is 139 Å². The zero-order chi connectivity index (χ0) is 17.5. The topological polar surface area (TPSA) is 84.1 Å². The predicted molar refractivity (Wildman–Crippen MR) is 87.1 cm³/mol. The van der Waals surface area contributed by atoms with Crippen LogP contribution >= 0.6 is 0 Å². The maximum atomic E-state index is 13.1. The molecule has 2 rings (SSSR count). The average molecular weight is 333 g/mol. The zero-order valence-corrected chi connectivity index (χ0v) is 13.7. The Morgan fingerprint density at radius 2 is 2.04 bits per heavy atom. The fraction of sp³-hybridized carbons (Fsp3) is 0.375. The molecule has 1 heterocycles. The summed E-state index contributed by atoms with van der Waals surface area (Å²) in [6.45, 7) is 4.21. The lowest BCUT2D eigenvalue weighted by molar-refractivity contribution is -0.126. The molecule has 0 spiro atoms. The minimum atomic E-state index is -0.355. The Kier molecular flexibility index (Phi) is 6.14. The maximum absolute atomic E-state index is 13.1. The fourth-order valence-corrected chi connectivity index (χ4v) is 2.25. The van der Waals surface area contributed by atoms with Crippen molar-refractivity contribution in [2.45, 2.75) is 20.3 Å². The number of tetrazole rings is 1. The second kappa shape index (κ2) is 8.30. The van der Waals surface area contributed by atoms with Crippen molar-refractivity contribution in [1.82, 2.24) is 25.1 Å². The van der Waals surface area contributed by atoms with Crippen LogP contribution < -0.4 is 0 Å². The van der Waals surface area contributed by atoms with Crippen molar-refractivity contribution in [2.24, 2.45) is 0 Å². The number of halogens is 1. The predicted octanol–water partition coefficient (Wildman–Crippen LogP) is 1.35. The number of carbonyl (C=O) groups is 1. The highest BCUT2D eigenvalue weighted by Crippen LogP contribution is 2.16. The number of hydrogen-bond acceptors (Lipinski definition) is 5. The lowest BCUT2D eigenvalue weighted by atomic mass is 10.1. The van der Waals surface area contributed by atoms with Gasteiger partial charge in [0.05, 0.1) is 6.61 Å². The molecule has 7 nitrogen and oxygen atoms in total. The number of nitrogens with zero attached hydrogens (tertiary/aromatic N) is 5. The standard InChI is InChI=1S/C16H20FN5O2/c1-3-8-21(9-10-23)16(24)15(22-12(2)18-19-20-22)11-13-4-6-14(17)7-5-13/h4-7,11,23H,3,8-10H2,1-2H3/b15-11-. The van der Waals surface area contributed by atoms with Crippen LogP contribution in [0.25, 0.3) is 11.8 Å². The molecule has 0 aliphatic heterocycles. The van der Waals surface area contributed by atoms with Crippen LogP contribution in [0, 0.1) is 12.7 Å². The van der Waals surface area contributed by atoms with Crippen LogP contribution in [0.1, 0.15) is 24.7 Å². The first-order valence-electron chi connectivity index (χ1n) is 7.69. The Bertz CT molecular complexity index is 706. The molecule has 24 heavy (non-hydrogen) atoms. The van der Waals surface area contributed by atoms with Gasteiger partial charge in [0.2, 0.25) is 0 Å². The Morgan fingerprint density at radius 3 is 2.58 bits per heavy atom. The summed E-state index contributed by atoms with van der Waals surface area (Å²) in [5.74, 6) is -0.200. The van der Waals surface area contributed by atoms with Crippen LogP contribution in [0.5, 0.6) is 0 Å². The van der Waals surface area contributed by atoms with Gasteiger partial charge in [-0.3, -0.25) is 4.79 Å². The number of aryl methyl sites for hydroxylation is 1. The SMILES string of the molecule is CCCN(CCO)C(=O)/C(=C/c1ccc(F)cc1)n1nnnc1C. The summed E-state index contributed by atoms with van der Waals surface area (Å²) in [7, 11) is 0. The summed E-state index contributed by atoms with van der Waals surface area (Å²) in [6.07, 6.45) is 2.36. The molecule has 1 N–H and O–H groups in total. The van der Waals surface area contributed by atoms with Crippen molar-refractivity contribution in [2.75, 3.05) is 19.7 Å². The highest BCUT2D eigenvalue weighted by molar-refractivity contribution is 6.18. The summed E-state index contributed by atoms with van der Waals surface area (Å²) in [4.78, 5) is 14.4. The molecule has 1 amide bonds. The smallest absolute Gasteiger partial charge is 0.272 e. The first kappa shape index (κ1) is 17.7. The van der Waals surface area contributed by atoms with Gasteiger partial charge < -0.3 is 10.0 Å². The molecule has 0 atom stereocenters. The summed E-state index contributed by atoms with van der Waals surface area (Å²) >= 11 is 0. The molecular weight excluding hydrogens is 313 g/mol. The van der Waals surface area contributed by atoms with Crippen molar-refractivity contribution >= 4 is 17.7 Å². The largest absolute Gasteiger partial charge is 0.395 e. The molecule has 0 unspecified atom stereocenters. The quantitative estimate of drug-likeness (QED) is 0.773. The average Bonchev–Trinajstić information content (AvgIpc) is 2.99. The van der Waals surface area contributed by atoms with E-state index in [1.54, 1.807) is 25.1 Å². The minimum absolute atomic E-state index is 0.135. The lowest BCUT2D eigenvalue weighted by Gasteiger charge is -2.22. The highest BCUT2D eigenvalue weighted by Gasteiger charge is 2.21. The van der Waals surface area contributed by atoms with E-state index in [4.69, 9.17) is 0 Å². The molecule has 2 aromatic rings. The number of amides is 1. The van der Waals surface area contributed by atoms with E-state index >= 15 is 0 Å². The van der Waals surface area contributed by atoms with Gasteiger partial charge in [-0.15, -0.1) is 5.10 Å². The van der Waals surface area contributed by atoms with E-state index in [0.717, 1.165) is 6.42 Å². The highest BCUT2D eigenvalue weighted by atomic mass is 19.1. The first-order valence-corrected chi connectivity index (χ1v) is 7.69. The van der Waals surface area contributed by atoms with E-state index < -0.39 is 0 Å². The van der Waals surface area contributed by atoms with Gasteiger partial charge in [0.1, 0.15) is 11.5 Å². The monoisotopic (exact) mass is 333 g/mol. The van der Waals surface area contributed by atoms with Gasteiger partial charge in [-0.1, -0.05) is 19.1 Å². The van der Waals surface area contributed by atoms with Gasteiger partial charge in [0.25, 0.3) is 5.91 Å². The number of rotatable bonds is 7. The lowest BCUT2D eigenvalue weighted by Crippen LogP contribution is -2.36. The van der Waals surface area contributed by atoms with Crippen LogP contribution in [0.3, 0.4) is 0 Å². The second-order valence-corrected chi connectivity index (χ2v) is 5.23.